The molecule has 118 valence electrons. The first-order valence-corrected chi connectivity index (χ1v) is 8.35. The average Bonchev–Trinajstić information content (AvgIpc) is 2.41. The van der Waals surface area contributed by atoms with E-state index >= 15 is 0 Å². The van der Waals surface area contributed by atoms with E-state index in [1.165, 1.54) is 0 Å². The van der Waals surface area contributed by atoms with E-state index in [1.807, 2.05) is 6.07 Å². The van der Waals surface area contributed by atoms with Crippen LogP contribution in [0.4, 0.5) is 5.69 Å². The highest BCUT2D eigenvalue weighted by Gasteiger charge is 2.49. The highest BCUT2D eigenvalue weighted by molar-refractivity contribution is 9.10. The lowest BCUT2D eigenvalue weighted by molar-refractivity contribution is -0.108. The van der Waals surface area contributed by atoms with Crippen LogP contribution >= 0.6 is 15.9 Å². The molecule has 3 nitrogen and oxygen atoms in total. The second-order valence-electron chi connectivity index (χ2n) is 6.82. The summed E-state index contributed by atoms with van der Waals surface area (Å²) in [6.45, 7) is 9.77. The number of rotatable bonds is 6. The molecule has 0 heterocycles. The van der Waals surface area contributed by atoms with Crippen molar-refractivity contribution in [2.45, 2.75) is 46.3 Å². The Balaban J connectivity index is 1.94. The number of halogens is 1. The summed E-state index contributed by atoms with van der Waals surface area (Å²) in [6.07, 6.45) is 1.41. The van der Waals surface area contributed by atoms with Crippen molar-refractivity contribution in [3.05, 3.63) is 22.7 Å². The molecule has 0 spiro atoms. The lowest BCUT2D eigenvalue weighted by Gasteiger charge is -2.52. The van der Waals surface area contributed by atoms with Crippen LogP contribution in [0.1, 0.15) is 34.1 Å². The molecule has 0 aromatic heterocycles. The molecule has 4 heteroatoms. The molecule has 21 heavy (non-hydrogen) atoms. The first-order chi connectivity index (χ1) is 9.84. The van der Waals surface area contributed by atoms with Gasteiger partial charge in [0.1, 0.15) is 5.75 Å². The zero-order valence-corrected chi connectivity index (χ0v) is 15.2. The van der Waals surface area contributed by atoms with E-state index in [4.69, 9.17) is 9.47 Å². The third-order valence-electron chi connectivity index (χ3n) is 4.30. The van der Waals surface area contributed by atoms with Crippen molar-refractivity contribution in [2.24, 2.45) is 11.3 Å². The highest BCUT2D eigenvalue weighted by Crippen LogP contribution is 2.45. The maximum atomic E-state index is 6.01. The van der Waals surface area contributed by atoms with Gasteiger partial charge in [0, 0.05) is 23.8 Å². The van der Waals surface area contributed by atoms with Crippen LogP contribution in [0.5, 0.6) is 5.75 Å². The Morgan fingerprint density at radius 2 is 2.10 bits per heavy atom. The van der Waals surface area contributed by atoms with Crippen LogP contribution in [0.2, 0.25) is 0 Å². The lowest BCUT2D eigenvalue weighted by Crippen LogP contribution is -2.58. The van der Waals surface area contributed by atoms with Crippen LogP contribution in [0.25, 0.3) is 0 Å². The molecule has 0 amide bonds. The summed E-state index contributed by atoms with van der Waals surface area (Å²) in [7, 11) is 1.68. The molecule has 1 aliphatic carbocycles. The fourth-order valence-electron chi connectivity index (χ4n) is 2.68. The second kappa shape index (κ2) is 6.57. The van der Waals surface area contributed by atoms with Crippen molar-refractivity contribution in [1.82, 2.24) is 0 Å². The van der Waals surface area contributed by atoms with Crippen LogP contribution in [0.15, 0.2) is 22.7 Å². The van der Waals surface area contributed by atoms with Crippen LogP contribution in [-0.2, 0) is 4.74 Å². The number of ether oxygens (including phenoxy) is 2. The van der Waals surface area contributed by atoms with Crippen molar-refractivity contribution in [2.75, 3.05) is 19.0 Å². The number of hydrogen-bond acceptors (Lipinski definition) is 3. The van der Waals surface area contributed by atoms with E-state index in [9.17, 15) is 0 Å². The van der Waals surface area contributed by atoms with Gasteiger partial charge in [-0.2, -0.15) is 0 Å². The smallest absolute Gasteiger partial charge is 0.133 e. The molecular formula is C17H26BrNO2. The molecule has 0 aliphatic heterocycles. The Morgan fingerprint density at radius 1 is 1.38 bits per heavy atom. The molecule has 2 rings (SSSR count). The number of nitrogens with one attached hydrogen (secondary N) is 1. The topological polar surface area (TPSA) is 30.5 Å². The molecule has 2 atom stereocenters. The molecule has 2 unspecified atom stereocenters. The molecule has 0 saturated heterocycles. The van der Waals surface area contributed by atoms with Crippen LogP contribution in [-0.4, -0.2) is 25.9 Å². The van der Waals surface area contributed by atoms with Gasteiger partial charge in [-0.15, -0.1) is 0 Å². The summed E-state index contributed by atoms with van der Waals surface area (Å²) >= 11 is 3.53. The summed E-state index contributed by atoms with van der Waals surface area (Å²) in [5.41, 5.74) is 1.27. The quantitative estimate of drug-likeness (QED) is 0.801. The minimum atomic E-state index is 0.154. The monoisotopic (exact) mass is 355 g/mol. The average molecular weight is 356 g/mol. The van der Waals surface area contributed by atoms with Gasteiger partial charge in [-0.25, -0.2) is 0 Å². The fraction of sp³-hybridized carbons (Fsp3) is 0.647. The minimum Gasteiger partial charge on any atom is -0.496 e. The molecule has 1 aromatic rings. The van der Waals surface area contributed by atoms with Gasteiger partial charge >= 0.3 is 0 Å². The van der Waals surface area contributed by atoms with Gasteiger partial charge in [0.05, 0.1) is 17.7 Å². The first-order valence-electron chi connectivity index (χ1n) is 7.56. The van der Waals surface area contributed by atoms with Gasteiger partial charge in [-0.05, 0) is 46.5 Å². The Bertz CT molecular complexity index is 488. The first kappa shape index (κ1) is 16.6. The summed E-state index contributed by atoms with van der Waals surface area (Å²) in [4.78, 5) is 0. The number of anilines is 1. The fourth-order valence-corrected chi connectivity index (χ4v) is 3.22. The van der Waals surface area contributed by atoms with E-state index in [1.54, 1.807) is 7.11 Å². The van der Waals surface area contributed by atoms with Gasteiger partial charge in [-0.1, -0.05) is 27.7 Å². The minimum absolute atomic E-state index is 0.154. The van der Waals surface area contributed by atoms with Crippen molar-refractivity contribution < 1.29 is 9.47 Å². The predicted molar refractivity (Wildman–Crippen MR) is 91.1 cm³/mol. The zero-order chi connectivity index (χ0) is 15.6. The maximum Gasteiger partial charge on any atom is 0.133 e. The van der Waals surface area contributed by atoms with Crippen LogP contribution in [0.3, 0.4) is 0 Å². The Morgan fingerprint density at radius 3 is 2.62 bits per heavy atom. The molecule has 1 saturated carbocycles. The van der Waals surface area contributed by atoms with E-state index in [-0.39, 0.29) is 5.41 Å². The van der Waals surface area contributed by atoms with Gasteiger partial charge in [-0.3, -0.25) is 0 Å². The Labute approximate surface area is 136 Å². The normalized spacial score (nSPS) is 23.8. The van der Waals surface area contributed by atoms with Crippen molar-refractivity contribution >= 4 is 21.6 Å². The number of hydrogen-bond donors (Lipinski definition) is 1. The van der Waals surface area contributed by atoms with Gasteiger partial charge in [0.2, 0.25) is 0 Å². The Hall–Kier alpha value is -0.740. The Kier molecular flexibility index (Phi) is 5.20. The molecule has 1 aliphatic rings. The second-order valence-corrected chi connectivity index (χ2v) is 7.67. The van der Waals surface area contributed by atoms with Gasteiger partial charge in [0.15, 0.2) is 0 Å². The van der Waals surface area contributed by atoms with Gasteiger partial charge < -0.3 is 14.8 Å². The largest absolute Gasteiger partial charge is 0.496 e. The van der Waals surface area contributed by atoms with Crippen LogP contribution < -0.4 is 10.1 Å². The number of methoxy groups -OCH3 is 1. The molecule has 0 bridgehead atoms. The predicted octanol–water partition coefficient (Wildman–Crippen LogP) is 4.71. The zero-order valence-electron chi connectivity index (χ0n) is 13.6. The lowest BCUT2D eigenvalue weighted by atomic mass is 9.64. The third kappa shape index (κ3) is 3.72. The molecule has 1 N–H and O–H groups in total. The SMILES string of the molecule is COc1ccc(NC2CC(OCC(C)C)C2(C)C)cc1Br. The van der Waals surface area contributed by atoms with Crippen molar-refractivity contribution in [3.8, 4) is 5.75 Å². The van der Waals surface area contributed by atoms with E-state index in [0.29, 0.717) is 18.1 Å². The summed E-state index contributed by atoms with van der Waals surface area (Å²) in [5.74, 6) is 1.44. The standard InChI is InChI=1S/C17H26BrNO2/c1-11(2)10-21-16-9-15(17(16,3)4)19-12-6-7-14(20-5)13(18)8-12/h6-8,11,15-16,19H,9-10H2,1-5H3. The van der Waals surface area contributed by atoms with Gasteiger partial charge in [0.25, 0.3) is 0 Å². The summed E-state index contributed by atoms with van der Waals surface area (Å²) in [6, 6.07) is 6.54. The van der Waals surface area contributed by atoms with E-state index < -0.39 is 0 Å². The number of benzene rings is 1. The molecular weight excluding hydrogens is 330 g/mol. The highest BCUT2D eigenvalue weighted by atomic mass is 79.9. The van der Waals surface area contributed by atoms with Crippen molar-refractivity contribution in [1.29, 1.82) is 0 Å². The molecule has 1 fully saturated rings. The summed E-state index contributed by atoms with van der Waals surface area (Å²) in [5, 5.41) is 3.61. The van der Waals surface area contributed by atoms with E-state index in [0.717, 1.165) is 28.9 Å². The van der Waals surface area contributed by atoms with Crippen molar-refractivity contribution in [3.63, 3.8) is 0 Å². The molecule has 1 aromatic carbocycles. The maximum absolute atomic E-state index is 6.01. The summed E-state index contributed by atoms with van der Waals surface area (Å²) < 4.78 is 12.2. The van der Waals surface area contributed by atoms with E-state index in [2.05, 4.69) is 61.1 Å². The van der Waals surface area contributed by atoms with Crippen LogP contribution in [0, 0.1) is 11.3 Å². The molecule has 0 radical (unpaired) electrons. The third-order valence-corrected chi connectivity index (χ3v) is 4.92.